The zero-order valence-electron chi connectivity index (χ0n) is 12.7. The van der Waals surface area contributed by atoms with Crippen LogP contribution in [-0.4, -0.2) is 40.4 Å². The van der Waals surface area contributed by atoms with Crippen LogP contribution in [0.4, 0.5) is 0 Å². The molecule has 0 bridgehead atoms. The van der Waals surface area contributed by atoms with E-state index in [1.54, 1.807) is 6.92 Å². The zero-order valence-corrected chi connectivity index (χ0v) is 12.7. The third kappa shape index (κ3) is 2.41. The van der Waals surface area contributed by atoms with Gasteiger partial charge >= 0.3 is 5.97 Å². The van der Waals surface area contributed by atoms with Gasteiger partial charge in [0.2, 0.25) is 0 Å². The molecule has 0 aromatic heterocycles. The topological polar surface area (TPSA) is 57.6 Å². The van der Waals surface area contributed by atoms with Gasteiger partial charge in [0.05, 0.1) is 0 Å². The number of rotatable bonds is 6. The molecule has 1 heterocycles. The number of hydrogen-bond acceptors (Lipinski definition) is 3. The third-order valence-electron chi connectivity index (χ3n) is 5.08. The van der Waals surface area contributed by atoms with Crippen LogP contribution in [0.2, 0.25) is 0 Å². The molecule has 0 saturated carbocycles. The molecule has 2 aliphatic rings. The molecule has 0 unspecified atom stereocenters. The Bertz CT molecular complexity index is 443. The van der Waals surface area contributed by atoms with Crippen molar-refractivity contribution in [2.75, 3.05) is 13.1 Å². The number of fused-ring (bicyclic) bond motifs is 1. The fourth-order valence-corrected chi connectivity index (χ4v) is 3.34. The van der Waals surface area contributed by atoms with Crippen LogP contribution in [0.25, 0.3) is 0 Å². The Morgan fingerprint density at radius 2 is 2.15 bits per heavy atom. The Hall–Kier alpha value is -1.16. The normalized spacial score (nSPS) is 29.1. The molecule has 0 spiro atoms. The number of hydrogen-bond donors (Lipinski definition) is 1. The van der Waals surface area contributed by atoms with Crippen LogP contribution in [-0.2, 0) is 9.59 Å². The van der Waals surface area contributed by atoms with Gasteiger partial charge in [-0.15, -0.1) is 0 Å². The molecule has 1 aliphatic carbocycles. The summed E-state index contributed by atoms with van der Waals surface area (Å²) in [5.74, 6) is -0.316. The second-order valence-corrected chi connectivity index (χ2v) is 6.27. The first-order chi connectivity index (χ1) is 9.43. The van der Waals surface area contributed by atoms with Crippen molar-refractivity contribution in [1.82, 2.24) is 4.90 Å². The largest absolute Gasteiger partial charge is 0.480 e. The van der Waals surface area contributed by atoms with Gasteiger partial charge in [0, 0.05) is 24.9 Å². The highest BCUT2D eigenvalue weighted by molar-refractivity contribution is 6.00. The van der Waals surface area contributed by atoms with E-state index in [2.05, 4.69) is 13.0 Å². The van der Waals surface area contributed by atoms with E-state index in [1.165, 1.54) is 0 Å². The highest BCUT2D eigenvalue weighted by Crippen LogP contribution is 2.39. The second-order valence-electron chi connectivity index (χ2n) is 6.27. The minimum Gasteiger partial charge on any atom is -0.480 e. The molecule has 1 saturated heterocycles. The number of nitrogens with zero attached hydrogens (tertiary/aromatic N) is 1. The standard InChI is InChI=1S/C16H25NO3/c1-4-6-7-11-8-12-9-17(10-13(12)14(11)18)16(3,5-2)15(19)20/h8,12-13H,4-7,9-10H2,1-3H3,(H,19,20)/t12-,13+,16-/m0/s1. The lowest BCUT2D eigenvalue weighted by atomic mass is 9.96. The van der Waals surface area contributed by atoms with Crippen LogP contribution >= 0.6 is 0 Å². The quantitative estimate of drug-likeness (QED) is 0.811. The lowest BCUT2D eigenvalue weighted by Gasteiger charge is -2.34. The molecule has 112 valence electrons. The van der Waals surface area contributed by atoms with Crippen molar-refractivity contribution in [3.05, 3.63) is 11.6 Å². The number of carbonyl (C=O) groups is 2. The molecule has 1 aliphatic heterocycles. The van der Waals surface area contributed by atoms with E-state index < -0.39 is 11.5 Å². The van der Waals surface area contributed by atoms with Crippen LogP contribution in [0.15, 0.2) is 11.6 Å². The van der Waals surface area contributed by atoms with Gasteiger partial charge in [0.25, 0.3) is 0 Å². The van der Waals surface area contributed by atoms with Gasteiger partial charge < -0.3 is 5.11 Å². The maximum atomic E-state index is 12.4. The summed E-state index contributed by atoms with van der Waals surface area (Å²) in [4.78, 5) is 25.9. The molecule has 4 heteroatoms. The van der Waals surface area contributed by atoms with Crippen LogP contribution < -0.4 is 0 Å². The van der Waals surface area contributed by atoms with Gasteiger partial charge in [-0.1, -0.05) is 26.3 Å². The summed E-state index contributed by atoms with van der Waals surface area (Å²) in [5, 5.41) is 9.45. The summed E-state index contributed by atoms with van der Waals surface area (Å²) in [7, 11) is 0. The number of ketones is 1. The van der Waals surface area contributed by atoms with Crippen LogP contribution in [0.5, 0.6) is 0 Å². The van der Waals surface area contributed by atoms with E-state index in [9.17, 15) is 14.7 Å². The molecule has 20 heavy (non-hydrogen) atoms. The van der Waals surface area contributed by atoms with Gasteiger partial charge in [0.15, 0.2) is 5.78 Å². The number of aliphatic carboxylic acids is 1. The van der Waals surface area contributed by atoms with Gasteiger partial charge in [0.1, 0.15) is 5.54 Å². The average molecular weight is 279 g/mol. The van der Waals surface area contributed by atoms with Crippen molar-refractivity contribution in [2.24, 2.45) is 11.8 Å². The number of allylic oxidation sites excluding steroid dienone is 1. The first kappa shape index (κ1) is 15.2. The van der Waals surface area contributed by atoms with Crippen molar-refractivity contribution < 1.29 is 14.7 Å². The summed E-state index contributed by atoms with van der Waals surface area (Å²) in [5.41, 5.74) is 0.136. The van der Waals surface area contributed by atoms with Crippen LogP contribution in [0.3, 0.4) is 0 Å². The van der Waals surface area contributed by atoms with Crippen molar-refractivity contribution in [1.29, 1.82) is 0 Å². The molecule has 0 amide bonds. The van der Waals surface area contributed by atoms with Crippen LogP contribution in [0.1, 0.15) is 46.5 Å². The molecular formula is C16H25NO3. The zero-order chi connectivity index (χ0) is 14.9. The first-order valence-corrected chi connectivity index (χ1v) is 7.67. The lowest BCUT2D eigenvalue weighted by molar-refractivity contribution is -0.150. The Morgan fingerprint density at radius 1 is 1.45 bits per heavy atom. The van der Waals surface area contributed by atoms with Gasteiger partial charge in [-0.25, -0.2) is 0 Å². The van der Waals surface area contributed by atoms with E-state index in [0.717, 1.165) is 24.8 Å². The molecule has 0 aromatic rings. The second kappa shape index (κ2) is 5.68. The Balaban J connectivity index is 2.09. The summed E-state index contributed by atoms with van der Waals surface area (Å²) in [6.45, 7) is 7.08. The first-order valence-electron chi connectivity index (χ1n) is 7.67. The fourth-order valence-electron chi connectivity index (χ4n) is 3.34. The number of Topliss-reactive ketones (excluding diaryl/α,β-unsaturated/α-hetero) is 1. The highest BCUT2D eigenvalue weighted by Gasteiger charge is 2.49. The molecule has 0 radical (unpaired) electrons. The predicted molar refractivity (Wildman–Crippen MR) is 77.5 cm³/mol. The Labute approximate surface area is 120 Å². The van der Waals surface area contributed by atoms with E-state index in [0.29, 0.717) is 19.5 Å². The lowest BCUT2D eigenvalue weighted by Crippen LogP contribution is -2.51. The minimum atomic E-state index is -0.845. The fraction of sp³-hybridized carbons (Fsp3) is 0.750. The van der Waals surface area contributed by atoms with Gasteiger partial charge in [-0.05, 0) is 31.8 Å². The molecule has 3 atom stereocenters. The van der Waals surface area contributed by atoms with E-state index in [4.69, 9.17) is 0 Å². The van der Waals surface area contributed by atoms with E-state index in [1.807, 2.05) is 11.8 Å². The van der Waals surface area contributed by atoms with Crippen LogP contribution in [0, 0.1) is 11.8 Å². The summed E-state index contributed by atoms with van der Waals surface area (Å²) < 4.78 is 0. The van der Waals surface area contributed by atoms with Crippen molar-refractivity contribution in [2.45, 2.75) is 52.0 Å². The molecule has 1 N–H and O–H groups in total. The Kier molecular flexibility index (Phi) is 4.33. The van der Waals surface area contributed by atoms with E-state index >= 15 is 0 Å². The van der Waals surface area contributed by atoms with Crippen molar-refractivity contribution in [3.63, 3.8) is 0 Å². The van der Waals surface area contributed by atoms with Gasteiger partial charge in [-0.2, -0.15) is 0 Å². The smallest absolute Gasteiger partial charge is 0.323 e. The minimum absolute atomic E-state index is 0.00733. The molecule has 2 rings (SSSR count). The molecule has 0 aromatic carbocycles. The SMILES string of the molecule is CCCCC1=C[C@H]2CN([C@@](C)(CC)C(=O)O)C[C@H]2C1=O. The number of carboxylic acid groups (broad SMARTS) is 1. The van der Waals surface area contributed by atoms with Gasteiger partial charge in [-0.3, -0.25) is 14.5 Å². The molecule has 1 fully saturated rings. The number of carboxylic acids is 1. The number of unbranched alkanes of at least 4 members (excludes halogenated alkanes) is 1. The predicted octanol–water partition coefficient (Wildman–Crippen LogP) is 2.49. The molecule has 4 nitrogen and oxygen atoms in total. The van der Waals surface area contributed by atoms with E-state index in [-0.39, 0.29) is 17.6 Å². The monoisotopic (exact) mass is 279 g/mol. The van der Waals surface area contributed by atoms with Crippen molar-refractivity contribution in [3.8, 4) is 0 Å². The summed E-state index contributed by atoms with van der Waals surface area (Å²) in [6, 6.07) is 0. The number of carbonyl (C=O) groups excluding carboxylic acids is 1. The third-order valence-corrected chi connectivity index (χ3v) is 5.08. The summed E-state index contributed by atoms with van der Waals surface area (Å²) >= 11 is 0. The molecular weight excluding hydrogens is 254 g/mol. The Morgan fingerprint density at radius 3 is 2.65 bits per heavy atom. The van der Waals surface area contributed by atoms with Crippen molar-refractivity contribution >= 4 is 11.8 Å². The number of likely N-dealkylation sites (tertiary alicyclic amines) is 1. The maximum absolute atomic E-state index is 12.4. The maximum Gasteiger partial charge on any atom is 0.323 e. The average Bonchev–Trinajstić information content (AvgIpc) is 2.96. The highest BCUT2D eigenvalue weighted by atomic mass is 16.4. The summed E-state index contributed by atoms with van der Waals surface area (Å²) in [6.07, 6.45) is 5.71.